The lowest BCUT2D eigenvalue weighted by molar-refractivity contribution is -0.118. The summed E-state index contributed by atoms with van der Waals surface area (Å²) in [6, 6.07) is 11.0. The molecule has 1 atom stereocenters. The molecule has 0 radical (unpaired) electrons. The third-order valence-corrected chi connectivity index (χ3v) is 8.42. The van der Waals surface area contributed by atoms with Gasteiger partial charge in [-0.3, -0.25) is 19.3 Å². The van der Waals surface area contributed by atoms with Gasteiger partial charge in [0.05, 0.1) is 5.04 Å². The quantitative estimate of drug-likeness (QED) is 0.622. The monoisotopic (exact) mass is 461 g/mol. The largest absolute Gasteiger partial charge is 0.273 e. The van der Waals surface area contributed by atoms with Gasteiger partial charge in [0.2, 0.25) is 0 Å². The van der Waals surface area contributed by atoms with Crippen LogP contribution >= 0.6 is 23.5 Å². The number of carbonyl (C=O) groups excluding carboxylic acids is 3. The predicted molar refractivity (Wildman–Crippen MR) is 128 cm³/mol. The van der Waals surface area contributed by atoms with Crippen LogP contribution in [0.3, 0.4) is 0 Å². The molecule has 160 valence electrons. The Morgan fingerprint density at radius 2 is 1.69 bits per heavy atom. The molecule has 3 amide bonds. The molecular formula is C24H19N3O3S2. The maximum absolute atomic E-state index is 13.0. The highest BCUT2D eigenvalue weighted by atomic mass is 32.2. The van der Waals surface area contributed by atoms with E-state index >= 15 is 0 Å². The van der Waals surface area contributed by atoms with Crippen molar-refractivity contribution in [1.29, 1.82) is 0 Å². The standard InChI is InChI=1S/C24H19N3O3S2/c28-20-19-14-7-1-2-10-17(14)32-21(19)26-24(25-20)31-12-11-27-22(29)15-8-3-5-13-6-4-9-16(18(13)15)23(27)30/h3-6,8-9,19H,1-2,7,10-12H2. The van der Waals surface area contributed by atoms with Crippen LogP contribution in [0.1, 0.15) is 46.4 Å². The number of hydrogen-bond donors (Lipinski definition) is 0. The first kappa shape index (κ1) is 19.9. The van der Waals surface area contributed by atoms with E-state index < -0.39 is 0 Å². The topological polar surface area (TPSA) is 79.2 Å². The molecule has 0 N–H and O–H groups in total. The minimum atomic E-state index is -0.281. The number of fused-ring (bicyclic) bond motifs is 2. The molecule has 0 aromatic heterocycles. The van der Waals surface area contributed by atoms with E-state index in [9.17, 15) is 14.4 Å². The SMILES string of the molecule is O=C1N=C(SCCN2C(=O)c3cccc4cccc(c34)C2=O)N=C2SC3=C(CCCC3)C12. The van der Waals surface area contributed by atoms with E-state index in [0.717, 1.165) is 41.5 Å². The van der Waals surface area contributed by atoms with Gasteiger partial charge in [-0.15, -0.1) is 0 Å². The van der Waals surface area contributed by atoms with E-state index in [1.54, 1.807) is 23.9 Å². The Bertz CT molecular complexity index is 1260. The van der Waals surface area contributed by atoms with Crippen molar-refractivity contribution in [2.24, 2.45) is 15.9 Å². The number of amidine groups is 1. The van der Waals surface area contributed by atoms with E-state index in [-0.39, 0.29) is 30.2 Å². The smallest absolute Gasteiger partial charge is 0.262 e. The molecule has 4 aliphatic rings. The van der Waals surface area contributed by atoms with E-state index in [0.29, 0.717) is 22.0 Å². The molecule has 1 aliphatic carbocycles. The number of amides is 3. The van der Waals surface area contributed by atoms with Crippen molar-refractivity contribution in [3.8, 4) is 0 Å². The van der Waals surface area contributed by atoms with Gasteiger partial charge in [0.1, 0.15) is 5.92 Å². The molecule has 0 spiro atoms. The summed E-state index contributed by atoms with van der Waals surface area (Å²) in [7, 11) is 0. The third kappa shape index (κ3) is 3.08. The number of thioether (sulfide) groups is 2. The van der Waals surface area contributed by atoms with Crippen molar-refractivity contribution in [3.63, 3.8) is 0 Å². The van der Waals surface area contributed by atoms with Crippen LogP contribution in [0, 0.1) is 5.92 Å². The fraction of sp³-hybridized carbons (Fsp3) is 0.292. The van der Waals surface area contributed by atoms with Gasteiger partial charge in [-0.05, 0) is 53.7 Å². The molecule has 32 heavy (non-hydrogen) atoms. The van der Waals surface area contributed by atoms with Crippen LogP contribution < -0.4 is 0 Å². The maximum Gasteiger partial charge on any atom is 0.262 e. The maximum atomic E-state index is 13.0. The molecule has 0 saturated heterocycles. The van der Waals surface area contributed by atoms with Gasteiger partial charge in [0.25, 0.3) is 17.7 Å². The summed E-state index contributed by atoms with van der Waals surface area (Å²) >= 11 is 2.95. The van der Waals surface area contributed by atoms with Crippen LogP contribution in [-0.2, 0) is 4.79 Å². The van der Waals surface area contributed by atoms with Gasteiger partial charge in [0, 0.05) is 28.8 Å². The zero-order chi connectivity index (χ0) is 21.8. The summed E-state index contributed by atoms with van der Waals surface area (Å²) in [6.45, 7) is 0.233. The fourth-order valence-electron chi connectivity index (χ4n) is 4.85. The van der Waals surface area contributed by atoms with Crippen LogP contribution in [0.25, 0.3) is 10.8 Å². The number of allylic oxidation sites excluding steroid dienone is 1. The highest BCUT2D eigenvalue weighted by molar-refractivity contribution is 8.18. The van der Waals surface area contributed by atoms with E-state index in [1.165, 1.54) is 27.1 Å². The number of imide groups is 1. The van der Waals surface area contributed by atoms with Crippen molar-refractivity contribution in [2.75, 3.05) is 12.3 Å². The highest BCUT2D eigenvalue weighted by Crippen LogP contribution is 2.47. The van der Waals surface area contributed by atoms with Gasteiger partial charge >= 0.3 is 0 Å². The number of aliphatic imine (C=N–C) groups is 2. The Balaban J connectivity index is 1.17. The Labute approximate surface area is 193 Å². The van der Waals surface area contributed by atoms with E-state index in [2.05, 4.69) is 9.98 Å². The Morgan fingerprint density at radius 1 is 0.969 bits per heavy atom. The number of carbonyl (C=O) groups is 3. The van der Waals surface area contributed by atoms with Crippen LogP contribution in [0.5, 0.6) is 0 Å². The number of hydrogen-bond acceptors (Lipinski definition) is 6. The molecule has 0 fully saturated rings. The van der Waals surface area contributed by atoms with Crippen molar-refractivity contribution >= 4 is 62.2 Å². The fourth-order valence-corrected chi connectivity index (χ4v) is 7.03. The van der Waals surface area contributed by atoms with Crippen molar-refractivity contribution in [1.82, 2.24) is 4.90 Å². The second-order valence-electron chi connectivity index (χ2n) is 8.19. The summed E-state index contributed by atoms with van der Waals surface area (Å²) in [5.41, 5.74) is 2.32. The molecule has 1 unspecified atom stereocenters. The molecule has 6 nitrogen and oxygen atoms in total. The molecular weight excluding hydrogens is 442 g/mol. The van der Waals surface area contributed by atoms with E-state index in [1.807, 2.05) is 24.3 Å². The third-order valence-electron chi connectivity index (χ3n) is 6.34. The molecule has 0 bridgehead atoms. The second-order valence-corrected chi connectivity index (χ2v) is 10.4. The van der Waals surface area contributed by atoms with Crippen molar-refractivity contribution in [3.05, 3.63) is 58.0 Å². The van der Waals surface area contributed by atoms with Crippen LogP contribution in [0.4, 0.5) is 0 Å². The Morgan fingerprint density at radius 3 is 2.44 bits per heavy atom. The van der Waals surface area contributed by atoms with Crippen LogP contribution in [0.15, 0.2) is 56.9 Å². The zero-order valence-electron chi connectivity index (χ0n) is 17.2. The first-order chi connectivity index (χ1) is 15.6. The molecule has 3 aliphatic heterocycles. The van der Waals surface area contributed by atoms with Gasteiger partial charge < -0.3 is 0 Å². The minimum absolute atomic E-state index is 0.136. The summed E-state index contributed by atoms with van der Waals surface area (Å²) in [4.78, 5) is 50.2. The van der Waals surface area contributed by atoms with Gasteiger partial charge in [-0.25, -0.2) is 4.99 Å². The number of rotatable bonds is 3. The zero-order valence-corrected chi connectivity index (χ0v) is 18.8. The Hall–Kier alpha value is -2.71. The van der Waals surface area contributed by atoms with Crippen molar-refractivity contribution < 1.29 is 14.4 Å². The van der Waals surface area contributed by atoms with Crippen LogP contribution in [-0.4, -0.2) is 45.1 Å². The van der Waals surface area contributed by atoms with Gasteiger partial charge in [-0.1, -0.05) is 47.8 Å². The molecule has 2 aromatic carbocycles. The lowest BCUT2D eigenvalue weighted by Gasteiger charge is -2.27. The molecule has 8 heteroatoms. The van der Waals surface area contributed by atoms with Crippen molar-refractivity contribution in [2.45, 2.75) is 25.7 Å². The van der Waals surface area contributed by atoms with Gasteiger partial charge in [-0.2, -0.15) is 4.99 Å². The number of benzene rings is 2. The lowest BCUT2D eigenvalue weighted by atomic mass is 9.89. The Kier molecular flexibility index (Phi) is 4.80. The molecule has 6 rings (SSSR count). The average molecular weight is 462 g/mol. The normalized spacial score (nSPS) is 22.2. The van der Waals surface area contributed by atoms with Gasteiger partial charge in [0.15, 0.2) is 5.17 Å². The molecule has 0 saturated carbocycles. The first-order valence-electron chi connectivity index (χ1n) is 10.7. The number of nitrogens with zero attached hydrogens (tertiary/aromatic N) is 3. The molecule has 3 heterocycles. The summed E-state index contributed by atoms with van der Waals surface area (Å²) in [5, 5.41) is 2.88. The van der Waals surface area contributed by atoms with E-state index in [4.69, 9.17) is 0 Å². The summed E-state index contributed by atoms with van der Waals surface area (Å²) in [5.74, 6) is -0.544. The van der Waals surface area contributed by atoms with Crippen LogP contribution in [0.2, 0.25) is 0 Å². The minimum Gasteiger partial charge on any atom is -0.273 e. The average Bonchev–Trinajstić information content (AvgIpc) is 3.18. The second kappa shape index (κ2) is 7.71. The molecule has 2 aromatic rings. The first-order valence-corrected chi connectivity index (χ1v) is 12.5. The highest BCUT2D eigenvalue weighted by Gasteiger charge is 2.40. The lowest BCUT2D eigenvalue weighted by Crippen LogP contribution is -2.41. The summed E-state index contributed by atoms with van der Waals surface area (Å²) < 4.78 is 0. The predicted octanol–water partition coefficient (Wildman–Crippen LogP) is 4.65. The summed E-state index contributed by atoms with van der Waals surface area (Å²) in [6.07, 6.45) is 4.27.